The van der Waals surface area contributed by atoms with Crippen molar-refractivity contribution in [2.75, 3.05) is 18.1 Å². The molecule has 166 valence electrons. The number of hydrogen-bond donors (Lipinski definition) is 1. The fourth-order valence-electron chi connectivity index (χ4n) is 4.13. The number of aryl methyl sites for hydroxylation is 2. The Morgan fingerprint density at radius 1 is 1.16 bits per heavy atom. The zero-order valence-electron chi connectivity index (χ0n) is 18.0. The number of halogens is 1. The first-order valence-electron chi connectivity index (χ1n) is 10.9. The highest BCUT2D eigenvalue weighted by atomic mass is 35.5. The van der Waals surface area contributed by atoms with Crippen molar-refractivity contribution in [1.82, 2.24) is 9.97 Å². The summed E-state index contributed by atoms with van der Waals surface area (Å²) in [5.41, 5.74) is 2.97. The maximum atomic E-state index is 11.8. The average Bonchev–Trinajstić information content (AvgIpc) is 3.29. The van der Waals surface area contributed by atoms with E-state index >= 15 is 0 Å². The molecule has 1 N–H and O–H groups in total. The van der Waals surface area contributed by atoms with Crippen molar-refractivity contribution < 1.29 is 14.6 Å². The van der Waals surface area contributed by atoms with Gasteiger partial charge in [0.25, 0.3) is 0 Å². The fourth-order valence-corrected chi connectivity index (χ4v) is 4.26. The first-order chi connectivity index (χ1) is 15.5. The van der Waals surface area contributed by atoms with Gasteiger partial charge in [-0.15, -0.1) is 0 Å². The van der Waals surface area contributed by atoms with E-state index in [9.17, 15) is 9.90 Å². The van der Waals surface area contributed by atoms with E-state index in [1.807, 2.05) is 55.5 Å². The number of carboxylic acids is 1. The van der Waals surface area contributed by atoms with Gasteiger partial charge in [0, 0.05) is 17.8 Å². The molecule has 0 spiro atoms. The molecule has 1 fully saturated rings. The molecule has 3 aromatic rings. The normalized spacial score (nSPS) is 15.7. The van der Waals surface area contributed by atoms with Gasteiger partial charge < -0.3 is 14.7 Å². The van der Waals surface area contributed by atoms with Crippen LogP contribution in [0.1, 0.15) is 53.0 Å². The van der Waals surface area contributed by atoms with Gasteiger partial charge >= 0.3 is 5.97 Å². The van der Waals surface area contributed by atoms with Crippen LogP contribution in [0.3, 0.4) is 0 Å². The Kier molecular flexibility index (Phi) is 6.90. The monoisotopic (exact) mass is 451 g/mol. The standard InChI is InChI=1S/C25H26ClN3O3/c1-2-32-20-12-5-17(6-13-20)7-14-22-21(24(30)31)16-27-25(28-22)29-15-3-4-23(29)18-8-10-19(26)11-9-18/h5-6,8-13,16,23H,2-4,7,14-15H2,1H3,(H,30,31)/t23-/m1/s1. The lowest BCUT2D eigenvalue weighted by Gasteiger charge is -2.25. The maximum Gasteiger partial charge on any atom is 0.339 e. The molecule has 0 radical (unpaired) electrons. The van der Waals surface area contributed by atoms with Crippen LogP contribution in [-0.2, 0) is 12.8 Å². The van der Waals surface area contributed by atoms with Gasteiger partial charge in [0.2, 0.25) is 5.95 Å². The molecule has 6 nitrogen and oxygen atoms in total. The van der Waals surface area contributed by atoms with Crippen molar-refractivity contribution >= 4 is 23.5 Å². The lowest BCUT2D eigenvalue weighted by atomic mass is 10.0. The molecule has 2 heterocycles. The maximum absolute atomic E-state index is 11.8. The van der Waals surface area contributed by atoms with Crippen LogP contribution in [-0.4, -0.2) is 34.2 Å². The number of aromatic carboxylic acids is 1. The SMILES string of the molecule is CCOc1ccc(CCc2nc(N3CCC[C@@H]3c3ccc(Cl)cc3)ncc2C(=O)O)cc1. The molecule has 1 saturated heterocycles. The average molecular weight is 452 g/mol. The van der Waals surface area contributed by atoms with Crippen LogP contribution < -0.4 is 9.64 Å². The van der Waals surface area contributed by atoms with Crippen molar-refractivity contribution in [3.05, 3.63) is 82.1 Å². The topological polar surface area (TPSA) is 75.5 Å². The molecule has 1 atom stereocenters. The summed E-state index contributed by atoms with van der Waals surface area (Å²) in [4.78, 5) is 23.1. The summed E-state index contributed by atoms with van der Waals surface area (Å²) in [6.45, 7) is 3.41. The highest BCUT2D eigenvalue weighted by Gasteiger charge is 2.29. The van der Waals surface area contributed by atoms with E-state index in [1.54, 1.807) is 0 Å². The van der Waals surface area contributed by atoms with Gasteiger partial charge in [-0.25, -0.2) is 14.8 Å². The predicted octanol–water partition coefficient (Wildman–Crippen LogP) is 5.35. The minimum Gasteiger partial charge on any atom is -0.494 e. The Bertz CT molecular complexity index is 1070. The van der Waals surface area contributed by atoms with Crippen molar-refractivity contribution in [2.24, 2.45) is 0 Å². The second kappa shape index (κ2) is 10.0. The highest BCUT2D eigenvalue weighted by molar-refractivity contribution is 6.30. The van der Waals surface area contributed by atoms with Crippen molar-refractivity contribution in [3.63, 3.8) is 0 Å². The third-order valence-corrected chi connectivity index (χ3v) is 5.99. The van der Waals surface area contributed by atoms with Gasteiger partial charge in [0.15, 0.2) is 0 Å². The minimum absolute atomic E-state index is 0.155. The molecule has 0 amide bonds. The molecular formula is C25H26ClN3O3. The lowest BCUT2D eigenvalue weighted by Crippen LogP contribution is -2.25. The van der Waals surface area contributed by atoms with E-state index in [4.69, 9.17) is 21.3 Å². The molecule has 2 aromatic carbocycles. The van der Waals surface area contributed by atoms with Crippen molar-refractivity contribution in [2.45, 2.75) is 38.6 Å². The summed E-state index contributed by atoms with van der Waals surface area (Å²) in [6.07, 6.45) is 4.66. The van der Waals surface area contributed by atoms with E-state index in [0.29, 0.717) is 36.1 Å². The summed E-state index contributed by atoms with van der Waals surface area (Å²) < 4.78 is 5.49. The zero-order valence-corrected chi connectivity index (χ0v) is 18.8. The zero-order chi connectivity index (χ0) is 22.5. The number of aromatic nitrogens is 2. The first kappa shape index (κ1) is 22.1. The number of carboxylic acid groups (broad SMARTS) is 1. The van der Waals surface area contributed by atoms with Crippen LogP contribution in [0.5, 0.6) is 5.75 Å². The number of anilines is 1. The van der Waals surface area contributed by atoms with E-state index in [1.165, 1.54) is 6.20 Å². The molecule has 1 aromatic heterocycles. The summed E-state index contributed by atoms with van der Waals surface area (Å²) in [6, 6.07) is 15.9. The van der Waals surface area contributed by atoms with Gasteiger partial charge in [-0.05, 0) is 68.0 Å². The first-order valence-corrected chi connectivity index (χ1v) is 11.3. The Hall–Kier alpha value is -3.12. The quantitative estimate of drug-likeness (QED) is 0.497. The van der Waals surface area contributed by atoms with E-state index in [2.05, 4.69) is 9.88 Å². The fraction of sp³-hybridized carbons (Fsp3) is 0.320. The third-order valence-electron chi connectivity index (χ3n) is 5.73. The number of nitrogens with zero attached hydrogens (tertiary/aromatic N) is 3. The number of benzene rings is 2. The molecule has 0 unspecified atom stereocenters. The van der Waals surface area contributed by atoms with Gasteiger partial charge in [0.05, 0.1) is 23.9 Å². The second-order valence-electron chi connectivity index (χ2n) is 7.82. The van der Waals surface area contributed by atoms with Crippen LogP contribution in [0.25, 0.3) is 0 Å². The van der Waals surface area contributed by atoms with E-state index in [0.717, 1.165) is 36.3 Å². The minimum atomic E-state index is -1.01. The van der Waals surface area contributed by atoms with Gasteiger partial charge in [-0.1, -0.05) is 35.9 Å². The number of hydrogen-bond acceptors (Lipinski definition) is 5. The Labute approximate surface area is 192 Å². The number of ether oxygens (including phenoxy) is 1. The van der Waals surface area contributed by atoms with Crippen LogP contribution in [0.4, 0.5) is 5.95 Å². The number of carbonyl (C=O) groups is 1. The number of rotatable bonds is 8. The van der Waals surface area contributed by atoms with Crippen molar-refractivity contribution in [1.29, 1.82) is 0 Å². The molecule has 4 rings (SSSR count). The van der Waals surface area contributed by atoms with Crippen LogP contribution in [0.2, 0.25) is 5.02 Å². The third kappa shape index (κ3) is 5.02. The second-order valence-corrected chi connectivity index (χ2v) is 8.25. The van der Waals surface area contributed by atoms with Crippen LogP contribution >= 0.6 is 11.6 Å². The lowest BCUT2D eigenvalue weighted by molar-refractivity contribution is 0.0694. The summed E-state index contributed by atoms with van der Waals surface area (Å²) in [7, 11) is 0. The van der Waals surface area contributed by atoms with E-state index < -0.39 is 5.97 Å². The summed E-state index contributed by atoms with van der Waals surface area (Å²) in [5, 5.41) is 10.4. The molecule has 0 saturated carbocycles. The van der Waals surface area contributed by atoms with E-state index in [-0.39, 0.29) is 11.6 Å². The molecule has 1 aliphatic rings. The molecule has 0 bridgehead atoms. The largest absolute Gasteiger partial charge is 0.494 e. The Morgan fingerprint density at radius 3 is 2.59 bits per heavy atom. The summed E-state index contributed by atoms with van der Waals surface area (Å²) >= 11 is 6.05. The molecule has 0 aliphatic carbocycles. The van der Waals surface area contributed by atoms with Crippen LogP contribution in [0, 0.1) is 0 Å². The van der Waals surface area contributed by atoms with Gasteiger partial charge in [-0.2, -0.15) is 0 Å². The molecular weight excluding hydrogens is 426 g/mol. The van der Waals surface area contributed by atoms with Crippen molar-refractivity contribution in [3.8, 4) is 5.75 Å². The molecule has 7 heteroatoms. The summed E-state index contributed by atoms with van der Waals surface area (Å²) in [5.74, 6) is 0.400. The Morgan fingerprint density at radius 2 is 1.91 bits per heavy atom. The van der Waals surface area contributed by atoms with Gasteiger partial charge in [0.1, 0.15) is 5.75 Å². The highest BCUT2D eigenvalue weighted by Crippen LogP contribution is 2.35. The van der Waals surface area contributed by atoms with Crippen LogP contribution in [0.15, 0.2) is 54.7 Å². The smallest absolute Gasteiger partial charge is 0.339 e. The molecule has 32 heavy (non-hydrogen) atoms. The Balaban J connectivity index is 1.56. The predicted molar refractivity (Wildman–Crippen MR) is 125 cm³/mol. The molecule has 1 aliphatic heterocycles. The van der Waals surface area contributed by atoms with Gasteiger partial charge in [-0.3, -0.25) is 0 Å².